The topological polar surface area (TPSA) is 25.2 Å². The molecule has 1 aliphatic heterocycles. The van der Waals surface area contributed by atoms with Crippen molar-refractivity contribution in [3.8, 4) is 0 Å². The molecule has 1 aromatic rings. The molecule has 0 amide bonds. The minimum Gasteiger partial charge on any atom is -0.469 e. The van der Waals surface area contributed by atoms with Gasteiger partial charge in [0.1, 0.15) is 5.76 Å². The van der Waals surface area contributed by atoms with Crippen LogP contribution in [-0.2, 0) is 12.0 Å². The van der Waals surface area contributed by atoms with E-state index < -0.39 is 0 Å². The molecule has 0 bridgehead atoms. The predicted octanol–water partition coefficient (Wildman–Crippen LogP) is 2.44. The summed E-state index contributed by atoms with van der Waals surface area (Å²) in [6.45, 7) is 1.10. The average molecular weight is 203 g/mol. The summed E-state index contributed by atoms with van der Waals surface area (Å²) in [5.74, 6) is 3.04. The Kier molecular flexibility index (Phi) is 1.50. The second kappa shape index (κ2) is 2.67. The summed E-state index contributed by atoms with van der Waals surface area (Å²) in [5.41, 5.74) is 1.82. The highest BCUT2D eigenvalue weighted by Crippen LogP contribution is 2.58. The Morgan fingerprint density at radius 1 is 1.20 bits per heavy atom. The Bertz CT molecular complexity index is 375. The van der Waals surface area contributed by atoms with Crippen LogP contribution in [0.1, 0.15) is 37.0 Å². The van der Waals surface area contributed by atoms with Crippen molar-refractivity contribution in [1.82, 2.24) is 5.32 Å². The lowest BCUT2D eigenvalue weighted by Gasteiger charge is -2.39. The van der Waals surface area contributed by atoms with Crippen LogP contribution in [0.5, 0.6) is 0 Å². The van der Waals surface area contributed by atoms with E-state index in [1.165, 1.54) is 37.0 Å². The maximum Gasteiger partial charge on any atom is 0.110 e. The Morgan fingerprint density at radius 2 is 1.93 bits per heavy atom. The maximum atomic E-state index is 5.63. The first-order valence-electron chi connectivity index (χ1n) is 6.23. The van der Waals surface area contributed by atoms with Crippen LogP contribution in [0.15, 0.2) is 16.7 Å². The van der Waals surface area contributed by atoms with Crippen LogP contribution in [0.4, 0.5) is 0 Å². The van der Waals surface area contributed by atoms with E-state index in [1.54, 1.807) is 0 Å². The van der Waals surface area contributed by atoms with E-state index in [-0.39, 0.29) is 0 Å². The quantitative estimate of drug-likeness (QED) is 0.798. The molecule has 0 aromatic carbocycles. The van der Waals surface area contributed by atoms with Gasteiger partial charge in [0.2, 0.25) is 0 Å². The lowest BCUT2D eigenvalue weighted by molar-refractivity contribution is 0.223. The standard InChI is InChI=1S/C13H17NO/c1-2-9(1)13(10-3-4-10)11-6-8-15-12(11)5-7-14-13/h6,8-10,14H,1-5,7H2. The molecule has 3 aliphatic rings. The fourth-order valence-electron chi connectivity index (χ4n) is 3.52. The zero-order valence-electron chi connectivity index (χ0n) is 8.96. The average Bonchev–Trinajstić information content (AvgIpc) is 3.13. The molecule has 2 saturated carbocycles. The van der Waals surface area contributed by atoms with Crippen molar-refractivity contribution < 1.29 is 4.42 Å². The summed E-state index contributed by atoms with van der Waals surface area (Å²) in [6, 6.07) is 2.22. The van der Waals surface area contributed by atoms with Crippen LogP contribution in [0.3, 0.4) is 0 Å². The van der Waals surface area contributed by atoms with Crippen molar-refractivity contribution in [1.29, 1.82) is 0 Å². The van der Waals surface area contributed by atoms with E-state index >= 15 is 0 Å². The summed E-state index contributed by atoms with van der Waals surface area (Å²) in [6.07, 6.45) is 8.60. The van der Waals surface area contributed by atoms with E-state index in [0.29, 0.717) is 5.54 Å². The van der Waals surface area contributed by atoms with E-state index in [4.69, 9.17) is 4.42 Å². The molecule has 0 radical (unpaired) electrons. The largest absolute Gasteiger partial charge is 0.469 e. The minimum absolute atomic E-state index is 0.320. The highest BCUT2D eigenvalue weighted by atomic mass is 16.3. The zero-order chi connectivity index (χ0) is 9.88. The molecule has 0 saturated heterocycles. The summed E-state index contributed by atoms with van der Waals surface area (Å²) in [4.78, 5) is 0. The van der Waals surface area contributed by atoms with Crippen molar-refractivity contribution in [3.63, 3.8) is 0 Å². The molecule has 0 unspecified atom stereocenters. The van der Waals surface area contributed by atoms with Crippen molar-refractivity contribution in [2.24, 2.45) is 11.8 Å². The predicted molar refractivity (Wildman–Crippen MR) is 57.5 cm³/mol. The summed E-state index contributed by atoms with van der Waals surface area (Å²) >= 11 is 0. The Labute approximate surface area is 90.0 Å². The third-order valence-electron chi connectivity index (χ3n) is 4.40. The Morgan fingerprint density at radius 3 is 2.60 bits per heavy atom. The molecular weight excluding hydrogens is 186 g/mol. The van der Waals surface area contributed by atoms with Crippen molar-refractivity contribution >= 4 is 0 Å². The fraction of sp³-hybridized carbons (Fsp3) is 0.692. The van der Waals surface area contributed by atoms with Crippen LogP contribution in [0.2, 0.25) is 0 Å². The third-order valence-corrected chi connectivity index (χ3v) is 4.40. The van der Waals surface area contributed by atoms with Crippen LogP contribution in [0.25, 0.3) is 0 Å². The van der Waals surface area contributed by atoms with Gasteiger partial charge in [-0.05, 0) is 43.6 Å². The first-order valence-corrected chi connectivity index (χ1v) is 6.23. The van der Waals surface area contributed by atoms with Gasteiger partial charge in [-0.15, -0.1) is 0 Å². The van der Waals surface area contributed by atoms with Crippen molar-refractivity contribution in [2.45, 2.75) is 37.6 Å². The molecule has 2 aliphatic carbocycles. The normalized spacial score (nSPS) is 28.8. The van der Waals surface area contributed by atoms with Crippen molar-refractivity contribution in [3.05, 3.63) is 23.7 Å². The smallest absolute Gasteiger partial charge is 0.110 e. The number of hydrogen-bond acceptors (Lipinski definition) is 2. The molecule has 15 heavy (non-hydrogen) atoms. The van der Waals surface area contributed by atoms with Gasteiger partial charge in [-0.1, -0.05) is 0 Å². The van der Waals surface area contributed by atoms with Crippen LogP contribution in [0, 0.1) is 11.8 Å². The molecule has 1 N–H and O–H groups in total. The Balaban J connectivity index is 1.86. The second-order valence-electron chi connectivity index (χ2n) is 5.35. The van der Waals surface area contributed by atoms with Gasteiger partial charge >= 0.3 is 0 Å². The van der Waals surface area contributed by atoms with Gasteiger partial charge < -0.3 is 9.73 Å². The molecule has 2 nitrogen and oxygen atoms in total. The fourth-order valence-corrected chi connectivity index (χ4v) is 3.52. The van der Waals surface area contributed by atoms with Crippen LogP contribution < -0.4 is 5.32 Å². The van der Waals surface area contributed by atoms with Crippen molar-refractivity contribution in [2.75, 3.05) is 6.54 Å². The van der Waals surface area contributed by atoms with Gasteiger partial charge in [-0.2, -0.15) is 0 Å². The number of furan rings is 1. The highest BCUT2D eigenvalue weighted by Gasteiger charge is 2.57. The monoisotopic (exact) mass is 203 g/mol. The molecule has 1 aromatic heterocycles. The van der Waals surface area contributed by atoms with Gasteiger partial charge in [-0.25, -0.2) is 0 Å². The summed E-state index contributed by atoms with van der Waals surface area (Å²) in [5, 5.41) is 3.84. The molecule has 4 rings (SSSR count). The first kappa shape index (κ1) is 8.40. The maximum absolute atomic E-state index is 5.63. The van der Waals surface area contributed by atoms with Gasteiger partial charge in [-0.3, -0.25) is 0 Å². The Hall–Kier alpha value is -0.760. The van der Waals surface area contributed by atoms with Gasteiger partial charge in [0.05, 0.1) is 11.8 Å². The number of hydrogen-bond donors (Lipinski definition) is 1. The third kappa shape index (κ3) is 1.03. The van der Waals surface area contributed by atoms with E-state index in [2.05, 4.69) is 11.4 Å². The highest BCUT2D eigenvalue weighted by molar-refractivity contribution is 5.35. The zero-order valence-corrected chi connectivity index (χ0v) is 8.96. The van der Waals surface area contributed by atoms with E-state index in [0.717, 1.165) is 24.8 Å². The molecular formula is C13H17NO. The van der Waals surface area contributed by atoms with Gasteiger partial charge in [0.25, 0.3) is 0 Å². The molecule has 2 fully saturated rings. The number of nitrogens with one attached hydrogen (secondary N) is 1. The van der Waals surface area contributed by atoms with Crippen LogP contribution in [-0.4, -0.2) is 6.54 Å². The molecule has 2 heterocycles. The second-order valence-corrected chi connectivity index (χ2v) is 5.35. The number of rotatable bonds is 2. The summed E-state index contributed by atoms with van der Waals surface area (Å²) in [7, 11) is 0. The first-order chi connectivity index (χ1) is 7.41. The van der Waals surface area contributed by atoms with E-state index in [9.17, 15) is 0 Å². The molecule has 0 spiro atoms. The lowest BCUT2D eigenvalue weighted by atomic mass is 9.78. The summed E-state index contributed by atoms with van der Waals surface area (Å²) < 4.78 is 5.63. The minimum atomic E-state index is 0.320. The SMILES string of the molecule is c1cc2c(o1)CCNC2(C1CC1)C1CC1. The molecule has 2 heteroatoms. The van der Waals surface area contributed by atoms with E-state index in [1.807, 2.05) is 6.26 Å². The van der Waals surface area contributed by atoms with Crippen LogP contribution >= 0.6 is 0 Å². The molecule has 80 valence electrons. The van der Waals surface area contributed by atoms with Gasteiger partial charge in [0, 0.05) is 18.5 Å². The molecule has 0 atom stereocenters. The van der Waals surface area contributed by atoms with Gasteiger partial charge in [0.15, 0.2) is 0 Å². The lowest BCUT2D eigenvalue weighted by Crippen LogP contribution is -2.50. The number of fused-ring (bicyclic) bond motifs is 1.